The van der Waals surface area contributed by atoms with Crippen molar-refractivity contribution in [3.63, 3.8) is 0 Å². The van der Waals surface area contributed by atoms with E-state index >= 15 is 0 Å². The lowest BCUT2D eigenvalue weighted by Gasteiger charge is -2.20. The zero-order valence-electron chi connectivity index (χ0n) is 16.5. The molecule has 4 bridgehead atoms. The van der Waals surface area contributed by atoms with Crippen molar-refractivity contribution in [1.82, 2.24) is 15.0 Å². The Hall–Kier alpha value is -4.00. The van der Waals surface area contributed by atoms with E-state index < -0.39 is 0 Å². The minimum absolute atomic E-state index is 0.138. The van der Waals surface area contributed by atoms with Crippen LogP contribution in [-0.4, -0.2) is 31.9 Å². The van der Waals surface area contributed by atoms with Gasteiger partial charge in [-0.15, -0.1) is 15.0 Å². The summed E-state index contributed by atoms with van der Waals surface area (Å²) in [5.41, 5.74) is 6.48. The molecule has 2 amide bonds. The summed E-state index contributed by atoms with van der Waals surface area (Å²) in [7, 11) is 0. The Morgan fingerprint density at radius 3 is 2.20 bits per heavy atom. The van der Waals surface area contributed by atoms with Crippen LogP contribution in [0.5, 0.6) is 5.75 Å². The minimum Gasteiger partial charge on any atom is -0.506 e. The van der Waals surface area contributed by atoms with Crippen LogP contribution in [0.3, 0.4) is 0 Å². The summed E-state index contributed by atoms with van der Waals surface area (Å²) in [5, 5.41) is 19.0. The maximum absolute atomic E-state index is 11.2. The molecule has 1 N–H and O–H groups in total. The standard InChI is InChI=1S/C15H15N3O.C8H3NO2/c1-3-11-10(2)8-9-14(19)15(11)18-16-12-6-4-5-7-13(12)17-18;10-7-4-2-1-3-5-6(4)8(11)9(5)7/h4-9,19H,3H2,1-2H3;1-3H. The molecule has 0 spiro atoms. The molecule has 0 radical (unpaired) electrons. The van der Waals surface area contributed by atoms with Crippen LogP contribution in [-0.2, 0) is 6.42 Å². The first-order valence-electron chi connectivity index (χ1n) is 9.67. The number of anilines is 1. The van der Waals surface area contributed by atoms with Crippen LogP contribution in [0.1, 0.15) is 38.8 Å². The highest BCUT2D eigenvalue weighted by Gasteiger charge is 2.48. The molecule has 1 aromatic heterocycles. The topological polar surface area (TPSA) is 88.3 Å². The van der Waals surface area contributed by atoms with Crippen LogP contribution >= 0.6 is 0 Å². The summed E-state index contributed by atoms with van der Waals surface area (Å²) in [4.78, 5) is 25.0. The van der Waals surface area contributed by atoms with E-state index in [1.807, 2.05) is 37.3 Å². The number of carbonyl (C=O) groups is 2. The fourth-order valence-electron chi connectivity index (χ4n) is 3.97. The molecule has 0 fully saturated rings. The van der Waals surface area contributed by atoms with Gasteiger partial charge in [-0.2, -0.15) is 0 Å². The number of aromatic nitrogens is 3. The van der Waals surface area contributed by atoms with Gasteiger partial charge in [-0.25, -0.2) is 4.90 Å². The van der Waals surface area contributed by atoms with Crippen molar-refractivity contribution in [2.75, 3.05) is 4.90 Å². The van der Waals surface area contributed by atoms with Crippen LogP contribution in [0.4, 0.5) is 5.69 Å². The number of aryl methyl sites for hydroxylation is 1. The summed E-state index contributed by atoms with van der Waals surface area (Å²) in [5.74, 6) is -0.0895. The van der Waals surface area contributed by atoms with Gasteiger partial charge in [0.1, 0.15) is 22.5 Å². The lowest BCUT2D eigenvalue weighted by atomic mass is 10.0. The maximum Gasteiger partial charge on any atom is 0.268 e. The van der Waals surface area contributed by atoms with Crippen LogP contribution in [0, 0.1) is 6.92 Å². The van der Waals surface area contributed by atoms with E-state index in [4.69, 9.17) is 0 Å². The minimum atomic E-state index is -0.162. The number of benzene rings is 3. The van der Waals surface area contributed by atoms with Crippen LogP contribution < -0.4 is 4.90 Å². The highest BCUT2D eigenvalue weighted by molar-refractivity contribution is 6.44. The maximum atomic E-state index is 11.2. The molecule has 0 atom stereocenters. The van der Waals surface area contributed by atoms with Gasteiger partial charge >= 0.3 is 0 Å². The van der Waals surface area contributed by atoms with Crippen molar-refractivity contribution in [1.29, 1.82) is 0 Å². The van der Waals surface area contributed by atoms with Gasteiger partial charge in [-0.1, -0.05) is 31.2 Å². The second-order valence-corrected chi connectivity index (χ2v) is 7.21. The summed E-state index contributed by atoms with van der Waals surface area (Å²) in [6, 6.07) is 16.6. The third-order valence-corrected chi connectivity index (χ3v) is 5.47. The third-order valence-electron chi connectivity index (χ3n) is 5.47. The van der Waals surface area contributed by atoms with Crippen LogP contribution in [0.25, 0.3) is 16.7 Å². The lowest BCUT2D eigenvalue weighted by molar-refractivity contribution is 0.0912. The van der Waals surface area contributed by atoms with Gasteiger partial charge in [0.2, 0.25) is 0 Å². The van der Waals surface area contributed by atoms with E-state index in [1.54, 1.807) is 24.3 Å². The van der Waals surface area contributed by atoms with Crippen molar-refractivity contribution in [2.24, 2.45) is 0 Å². The van der Waals surface area contributed by atoms with Crippen molar-refractivity contribution in [3.8, 4) is 11.4 Å². The smallest absolute Gasteiger partial charge is 0.268 e. The molecule has 3 aliphatic rings. The molecule has 0 aliphatic carbocycles. The molecule has 3 aromatic carbocycles. The largest absolute Gasteiger partial charge is 0.506 e. The number of phenols is 1. The fraction of sp³-hybridized carbons (Fsp3) is 0.130. The zero-order chi connectivity index (χ0) is 21.0. The van der Waals surface area contributed by atoms with E-state index in [1.165, 1.54) is 9.70 Å². The third kappa shape index (κ3) is 2.45. The number of rotatable bonds is 2. The first-order chi connectivity index (χ1) is 14.5. The normalized spacial score (nSPS) is 13.3. The number of carbonyl (C=O) groups excluding carboxylic acids is 2. The molecule has 7 heteroatoms. The lowest BCUT2D eigenvalue weighted by Crippen LogP contribution is -2.35. The van der Waals surface area contributed by atoms with E-state index in [0.717, 1.165) is 34.3 Å². The molecular weight excluding hydrogens is 380 g/mol. The molecule has 4 aromatic rings. The zero-order valence-corrected chi connectivity index (χ0v) is 16.5. The Morgan fingerprint density at radius 1 is 0.900 bits per heavy atom. The number of phenolic OH excluding ortho intramolecular Hbond substituents is 1. The number of hydrogen-bond donors (Lipinski definition) is 1. The van der Waals surface area contributed by atoms with Crippen molar-refractivity contribution in [3.05, 3.63) is 76.9 Å². The van der Waals surface area contributed by atoms with E-state index in [-0.39, 0.29) is 17.6 Å². The molecule has 0 saturated heterocycles. The Labute approximate surface area is 172 Å². The van der Waals surface area contributed by atoms with Gasteiger partial charge in [-0.05, 0) is 54.8 Å². The Bertz CT molecular complexity index is 1320. The number of amides is 2. The predicted octanol–water partition coefficient (Wildman–Crippen LogP) is 3.80. The summed E-state index contributed by atoms with van der Waals surface area (Å²) in [6.07, 6.45) is 0.827. The van der Waals surface area contributed by atoms with Crippen molar-refractivity contribution >= 4 is 28.5 Å². The van der Waals surface area contributed by atoms with Gasteiger partial charge < -0.3 is 5.11 Å². The molecular formula is C23H18N4O3. The average molecular weight is 398 g/mol. The Morgan fingerprint density at radius 2 is 1.60 bits per heavy atom. The summed E-state index contributed by atoms with van der Waals surface area (Å²) in [6.45, 7) is 4.10. The first-order valence-corrected chi connectivity index (χ1v) is 9.67. The van der Waals surface area contributed by atoms with Gasteiger partial charge in [0.15, 0.2) is 0 Å². The molecule has 7 rings (SSSR count). The van der Waals surface area contributed by atoms with Crippen molar-refractivity contribution < 1.29 is 14.7 Å². The fourth-order valence-corrected chi connectivity index (χ4v) is 3.97. The number of imide groups is 1. The quantitative estimate of drug-likeness (QED) is 0.519. The number of fused-ring (bicyclic) bond motifs is 1. The predicted molar refractivity (Wildman–Crippen MR) is 112 cm³/mol. The van der Waals surface area contributed by atoms with E-state index in [2.05, 4.69) is 17.1 Å². The molecule has 4 heterocycles. The highest BCUT2D eigenvalue weighted by Crippen LogP contribution is 2.43. The van der Waals surface area contributed by atoms with Gasteiger partial charge in [0.05, 0.1) is 16.8 Å². The number of hydrogen-bond acceptors (Lipinski definition) is 5. The SMILES string of the molecule is CCc1c(C)ccc(O)c1-n1nc2ccccc2n1.O=C1c2cccc3c2C(=O)N13. The average Bonchev–Trinajstić information content (AvgIpc) is 3.34. The first kappa shape index (κ1) is 18.1. The molecule has 30 heavy (non-hydrogen) atoms. The summed E-state index contributed by atoms with van der Waals surface area (Å²) >= 11 is 0. The Balaban J connectivity index is 0.000000147. The van der Waals surface area contributed by atoms with E-state index in [9.17, 15) is 14.7 Å². The molecule has 3 aliphatic heterocycles. The monoisotopic (exact) mass is 398 g/mol. The van der Waals surface area contributed by atoms with Gasteiger partial charge in [0.25, 0.3) is 11.8 Å². The number of nitrogens with zero attached hydrogens (tertiary/aromatic N) is 4. The summed E-state index contributed by atoms with van der Waals surface area (Å²) < 4.78 is 0. The molecule has 0 saturated carbocycles. The molecule has 7 nitrogen and oxygen atoms in total. The second kappa shape index (κ2) is 6.52. The molecule has 0 unspecified atom stereocenters. The van der Waals surface area contributed by atoms with E-state index in [0.29, 0.717) is 16.8 Å². The van der Waals surface area contributed by atoms with Gasteiger partial charge in [-0.3, -0.25) is 9.59 Å². The Kier molecular flexibility index (Phi) is 3.92. The van der Waals surface area contributed by atoms with Crippen molar-refractivity contribution in [2.45, 2.75) is 20.3 Å². The van der Waals surface area contributed by atoms with Crippen LogP contribution in [0.15, 0.2) is 54.6 Å². The number of aromatic hydroxyl groups is 1. The second-order valence-electron chi connectivity index (χ2n) is 7.21. The molecule has 148 valence electrons. The highest BCUT2D eigenvalue weighted by atomic mass is 16.3. The van der Waals surface area contributed by atoms with Crippen LogP contribution in [0.2, 0.25) is 0 Å². The van der Waals surface area contributed by atoms with Gasteiger partial charge in [0, 0.05) is 0 Å².